The van der Waals surface area contributed by atoms with E-state index in [0.717, 1.165) is 50.7 Å². The number of amides is 1. The molecule has 0 spiro atoms. The molecule has 0 saturated carbocycles. The molecule has 0 radical (unpaired) electrons. The molecule has 1 aromatic carbocycles. The predicted molar refractivity (Wildman–Crippen MR) is 98.1 cm³/mol. The summed E-state index contributed by atoms with van der Waals surface area (Å²) < 4.78 is 18.5. The lowest BCUT2D eigenvalue weighted by molar-refractivity contribution is 0.0245. The average molecular weight is 357 g/mol. The third-order valence-electron chi connectivity index (χ3n) is 5.44. The van der Waals surface area contributed by atoms with Crippen molar-refractivity contribution in [2.24, 2.45) is 0 Å². The number of carbonyl (C=O) groups excluding carboxylic acids is 1. The monoisotopic (exact) mass is 357 g/mol. The highest BCUT2D eigenvalue weighted by Gasteiger charge is 2.37. The highest BCUT2D eigenvalue weighted by molar-refractivity contribution is 5.95. The number of aryl methyl sites for hydroxylation is 2. The molecule has 5 nitrogen and oxygen atoms in total. The fraction of sp³-hybridized carbons (Fsp3) is 0.450. The molecule has 3 heterocycles. The van der Waals surface area contributed by atoms with Gasteiger partial charge in [0.05, 0.1) is 5.56 Å². The highest BCUT2D eigenvalue weighted by atomic mass is 19.1. The first-order chi connectivity index (χ1) is 12.5. The summed E-state index contributed by atoms with van der Waals surface area (Å²) in [6, 6.07) is 8.95. The molecule has 1 aromatic heterocycles. The van der Waals surface area contributed by atoms with Gasteiger partial charge < -0.3 is 14.2 Å². The van der Waals surface area contributed by atoms with E-state index in [1.54, 1.807) is 0 Å². The molecule has 0 N–H and O–H groups in total. The van der Waals surface area contributed by atoms with Crippen molar-refractivity contribution in [3.05, 3.63) is 53.2 Å². The van der Waals surface area contributed by atoms with Gasteiger partial charge in [-0.2, -0.15) is 0 Å². The van der Waals surface area contributed by atoms with E-state index < -0.39 is 0 Å². The Labute approximate surface area is 153 Å². The van der Waals surface area contributed by atoms with Crippen LogP contribution in [0.1, 0.15) is 21.9 Å². The molecule has 1 amide bonds. The molecule has 2 saturated heterocycles. The lowest BCUT2D eigenvalue weighted by atomic mass is 10.0. The number of carbonyl (C=O) groups is 1. The zero-order valence-electron chi connectivity index (χ0n) is 15.2. The molecule has 2 fully saturated rings. The molecule has 0 aliphatic carbocycles. The first-order valence-corrected chi connectivity index (χ1v) is 9.12. The molecule has 0 unspecified atom stereocenters. The molecule has 26 heavy (non-hydrogen) atoms. The van der Waals surface area contributed by atoms with Gasteiger partial charge in [0.15, 0.2) is 0 Å². The largest absolute Gasteiger partial charge is 0.466 e. The van der Waals surface area contributed by atoms with E-state index in [4.69, 9.17) is 4.42 Å². The minimum absolute atomic E-state index is 0.0700. The molecule has 0 atom stereocenters. The van der Waals surface area contributed by atoms with Crippen LogP contribution in [0.4, 0.5) is 10.1 Å². The predicted octanol–water partition coefficient (Wildman–Crippen LogP) is 2.68. The third-order valence-corrected chi connectivity index (χ3v) is 5.44. The normalized spacial score (nSPS) is 18.9. The minimum atomic E-state index is -0.199. The van der Waals surface area contributed by atoms with Crippen LogP contribution in [-0.4, -0.2) is 61.0 Å². The van der Waals surface area contributed by atoms with Crippen LogP contribution in [0.2, 0.25) is 0 Å². The first kappa shape index (κ1) is 17.1. The van der Waals surface area contributed by atoms with Crippen molar-refractivity contribution in [1.82, 2.24) is 9.80 Å². The van der Waals surface area contributed by atoms with Gasteiger partial charge in [0.2, 0.25) is 0 Å². The molecule has 2 aromatic rings. The number of nitrogens with zero attached hydrogens (tertiary/aromatic N) is 3. The summed E-state index contributed by atoms with van der Waals surface area (Å²) in [5, 5.41) is 0. The van der Waals surface area contributed by atoms with Gasteiger partial charge in [0, 0.05) is 51.0 Å². The van der Waals surface area contributed by atoms with Gasteiger partial charge in [-0.25, -0.2) is 4.39 Å². The smallest absolute Gasteiger partial charge is 0.257 e. The van der Waals surface area contributed by atoms with E-state index >= 15 is 0 Å². The SMILES string of the molecule is Cc1cc(C(=O)N2CC(N3CCN(c4ccc(F)cc4)CC3)C2)c(C)o1. The molecule has 138 valence electrons. The van der Waals surface area contributed by atoms with Gasteiger partial charge in [-0.1, -0.05) is 0 Å². The Morgan fingerprint density at radius 3 is 2.31 bits per heavy atom. The summed E-state index contributed by atoms with van der Waals surface area (Å²) in [4.78, 5) is 19.2. The maximum Gasteiger partial charge on any atom is 0.257 e. The van der Waals surface area contributed by atoms with Gasteiger partial charge >= 0.3 is 0 Å². The Bertz CT molecular complexity index is 788. The first-order valence-electron chi connectivity index (χ1n) is 9.12. The molecular weight excluding hydrogens is 333 g/mol. The summed E-state index contributed by atoms with van der Waals surface area (Å²) >= 11 is 0. The summed E-state index contributed by atoms with van der Waals surface area (Å²) in [5.74, 6) is 1.35. The molecule has 4 rings (SSSR count). The number of benzene rings is 1. The Morgan fingerprint density at radius 1 is 1.08 bits per heavy atom. The van der Waals surface area contributed by atoms with Gasteiger partial charge in [-0.3, -0.25) is 9.69 Å². The molecular formula is C20H24FN3O2. The van der Waals surface area contributed by atoms with E-state index in [0.29, 0.717) is 17.4 Å². The number of furan rings is 1. The summed E-state index contributed by atoms with van der Waals surface area (Å²) in [7, 11) is 0. The number of rotatable bonds is 3. The van der Waals surface area contributed by atoms with Crippen LogP contribution in [0.25, 0.3) is 0 Å². The fourth-order valence-electron chi connectivity index (χ4n) is 3.86. The van der Waals surface area contributed by atoms with E-state index in [-0.39, 0.29) is 11.7 Å². The van der Waals surface area contributed by atoms with Crippen molar-refractivity contribution in [1.29, 1.82) is 0 Å². The van der Waals surface area contributed by atoms with E-state index in [9.17, 15) is 9.18 Å². The van der Waals surface area contributed by atoms with Crippen LogP contribution >= 0.6 is 0 Å². The maximum atomic E-state index is 13.1. The Kier molecular flexibility index (Phi) is 4.44. The fourth-order valence-corrected chi connectivity index (χ4v) is 3.86. The molecule has 0 bridgehead atoms. The zero-order valence-corrected chi connectivity index (χ0v) is 15.2. The van der Waals surface area contributed by atoms with Crippen LogP contribution < -0.4 is 4.90 Å². The second-order valence-corrected chi connectivity index (χ2v) is 7.19. The zero-order chi connectivity index (χ0) is 18.3. The average Bonchev–Trinajstić information content (AvgIpc) is 2.93. The molecule has 6 heteroatoms. The number of anilines is 1. The van der Waals surface area contributed by atoms with Crippen LogP contribution in [0.5, 0.6) is 0 Å². The summed E-state index contributed by atoms with van der Waals surface area (Å²) in [6.45, 7) is 9.04. The van der Waals surface area contributed by atoms with Gasteiger partial charge in [-0.05, 0) is 44.2 Å². The van der Waals surface area contributed by atoms with Crippen molar-refractivity contribution in [3.63, 3.8) is 0 Å². The maximum absolute atomic E-state index is 13.1. The number of halogens is 1. The van der Waals surface area contributed by atoms with Crippen LogP contribution in [0, 0.1) is 19.7 Å². The molecule has 2 aliphatic rings. The van der Waals surface area contributed by atoms with Crippen molar-refractivity contribution < 1.29 is 13.6 Å². The highest BCUT2D eigenvalue weighted by Crippen LogP contribution is 2.24. The minimum Gasteiger partial charge on any atom is -0.466 e. The topological polar surface area (TPSA) is 39.9 Å². The lowest BCUT2D eigenvalue weighted by Crippen LogP contribution is -2.64. The number of hydrogen-bond acceptors (Lipinski definition) is 4. The standard InChI is InChI=1S/C20H24FN3O2/c1-14-11-19(15(2)26-14)20(25)24-12-18(13-24)23-9-7-22(8-10-23)17-5-3-16(21)4-6-17/h3-6,11,18H,7-10,12-13H2,1-2H3. The van der Waals surface area contributed by atoms with E-state index in [1.807, 2.05) is 36.9 Å². The third kappa shape index (κ3) is 3.21. The van der Waals surface area contributed by atoms with Gasteiger partial charge in [0.25, 0.3) is 5.91 Å². The van der Waals surface area contributed by atoms with E-state index in [1.165, 1.54) is 12.1 Å². The number of hydrogen-bond donors (Lipinski definition) is 0. The molecule has 2 aliphatic heterocycles. The Balaban J connectivity index is 1.28. The van der Waals surface area contributed by atoms with Crippen molar-refractivity contribution >= 4 is 11.6 Å². The summed E-state index contributed by atoms with van der Waals surface area (Å²) in [5.41, 5.74) is 1.75. The van der Waals surface area contributed by atoms with Crippen LogP contribution in [-0.2, 0) is 0 Å². The number of piperazine rings is 1. The van der Waals surface area contributed by atoms with Crippen molar-refractivity contribution in [2.45, 2.75) is 19.9 Å². The Hall–Kier alpha value is -2.34. The van der Waals surface area contributed by atoms with Crippen LogP contribution in [0.15, 0.2) is 34.7 Å². The second kappa shape index (κ2) is 6.76. The van der Waals surface area contributed by atoms with Gasteiger partial charge in [-0.15, -0.1) is 0 Å². The van der Waals surface area contributed by atoms with Gasteiger partial charge in [0.1, 0.15) is 17.3 Å². The van der Waals surface area contributed by atoms with E-state index in [2.05, 4.69) is 9.80 Å². The van der Waals surface area contributed by atoms with Crippen molar-refractivity contribution in [3.8, 4) is 0 Å². The number of likely N-dealkylation sites (tertiary alicyclic amines) is 1. The Morgan fingerprint density at radius 2 is 1.73 bits per heavy atom. The van der Waals surface area contributed by atoms with Crippen LogP contribution in [0.3, 0.4) is 0 Å². The van der Waals surface area contributed by atoms with Crippen molar-refractivity contribution in [2.75, 3.05) is 44.2 Å². The second-order valence-electron chi connectivity index (χ2n) is 7.19. The summed E-state index contributed by atoms with van der Waals surface area (Å²) in [6.07, 6.45) is 0. The lowest BCUT2D eigenvalue weighted by Gasteiger charge is -2.48. The quantitative estimate of drug-likeness (QED) is 0.847.